The zero-order valence-corrected chi connectivity index (χ0v) is 13.0. The predicted octanol–water partition coefficient (Wildman–Crippen LogP) is 2.43. The summed E-state index contributed by atoms with van der Waals surface area (Å²) in [5, 5.41) is 4.03. The summed E-state index contributed by atoms with van der Waals surface area (Å²) in [5.41, 5.74) is 0.697. The lowest BCUT2D eigenvalue weighted by Crippen LogP contribution is -2.23. The second-order valence-electron chi connectivity index (χ2n) is 5.04. The normalized spacial score (nSPS) is 10.5. The van der Waals surface area contributed by atoms with Crippen LogP contribution in [0.4, 0.5) is 0 Å². The third-order valence-corrected chi connectivity index (χ3v) is 3.37. The molecule has 3 rings (SSSR count). The van der Waals surface area contributed by atoms with E-state index >= 15 is 0 Å². The van der Waals surface area contributed by atoms with Gasteiger partial charge in [-0.2, -0.15) is 0 Å². The highest BCUT2D eigenvalue weighted by molar-refractivity contribution is 5.34. The van der Waals surface area contributed by atoms with Crippen molar-refractivity contribution in [3.63, 3.8) is 0 Å². The number of hydrogen-bond acceptors (Lipinski definition) is 4. The molecule has 0 bridgehead atoms. The maximum absolute atomic E-state index is 12.1. The Balaban J connectivity index is 1.85. The summed E-state index contributed by atoms with van der Waals surface area (Å²) in [7, 11) is 3.09. The quantitative estimate of drug-likeness (QED) is 0.726. The lowest BCUT2D eigenvalue weighted by Gasteiger charge is -2.08. The van der Waals surface area contributed by atoms with E-state index in [2.05, 4.69) is 5.10 Å². The van der Waals surface area contributed by atoms with E-state index in [0.717, 1.165) is 11.3 Å². The highest BCUT2D eigenvalue weighted by Crippen LogP contribution is 2.22. The standard InChI is InChI=1S/C17H17N3O3/c1-19-17(21)20(16(18-19)22-2)12-13-7-6-10-15(11-13)23-14-8-4-3-5-9-14/h3-11H,12H2,1-2H3. The van der Waals surface area contributed by atoms with Crippen LogP contribution in [-0.2, 0) is 13.6 Å². The number of para-hydroxylation sites is 1. The second-order valence-corrected chi connectivity index (χ2v) is 5.04. The fourth-order valence-corrected chi connectivity index (χ4v) is 2.28. The van der Waals surface area contributed by atoms with E-state index in [-0.39, 0.29) is 11.7 Å². The average molecular weight is 311 g/mol. The van der Waals surface area contributed by atoms with Crippen molar-refractivity contribution in [2.45, 2.75) is 6.54 Å². The van der Waals surface area contributed by atoms with Gasteiger partial charge >= 0.3 is 11.7 Å². The van der Waals surface area contributed by atoms with Crippen LogP contribution in [-0.4, -0.2) is 21.5 Å². The van der Waals surface area contributed by atoms with Crippen molar-refractivity contribution in [1.29, 1.82) is 0 Å². The Morgan fingerprint density at radius 2 is 1.78 bits per heavy atom. The molecule has 3 aromatic rings. The third-order valence-electron chi connectivity index (χ3n) is 3.37. The van der Waals surface area contributed by atoms with Crippen LogP contribution in [0.15, 0.2) is 59.4 Å². The summed E-state index contributed by atoms with van der Waals surface area (Å²) in [6.07, 6.45) is 0. The summed E-state index contributed by atoms with van der Waals surface area (Å²) in [4.78, 5) is 12.1. The summed E-state index contributed by atoms with van der Waals surface area (Å²) >= 11 is 0. The van der Waals surface area contributed by atoms with E-state index in [1.165, 1.54) is 16.4 Å². The number of hydrogen-bond donors (Lipinski definition) is 0. The molecule has 0 unspecified atom stereocenters. The van der Waals surface area contributed by atoms with Crippen molar-refractivity contribution < 1.29 is 9.47 Å². The number of nitrogens with zero attached hydrogens (tertiary/aromatic N) is 3. The molecular formula is C17H17N3O3. The van der Waals surface area contributed by atoms with Crippen LogP contribution >= 0.6 is 0 Å². The minimum Gasteiger partial charge on any atom is -0.467 e. The molecular weight excluding hydrogens is 294 g/mol. The molecule has 0 radical (unpaired) electrons. The van der Waals surface area contributed by atoms with Crippen LogP contribution in [0.2, 0.25) is 0 Å². The number of ether oxygens (including phenoxy) is 2. The van der Waals surface area contributed by atoms with Crippen LogP contribution in [0, 0.1) is 0 Å². The maximum atomic E-state index is 12.1. The van der Waals surface area contributed by atoms with Gasteiger partial charge in [0.25, 0.3) is 0 Å². The maximum Gasteiger partial charge on any atom is 0.348 e. The molecule has 23 heavy (non-hydrogen) atoms. The van der Waals surface area contributed by atoms with E-state index in [9.17, 15) is 4.79 Å². The molecule has 0 spiro atoms. The molecule has 0 atom stereocenters. The number of aryl methyl sites for hydroxylation is 1. The molecule has 2 aromatic carbocycles. The highest BCUT2D eigenvalue weighted by Gasteiger charge is 2.12. The second kappa shape index (κ2) is 6.39. The van der Waals surface area contributed by atoms with Gasteiger partial charge in [-0.25, -0.2) is 14.0 Å². The zero-order chi connectivity index (χ0) is 16.2. The molecule has 0 fully saturated rings. The molecule has 118 valence electrons. The van der Waals surface area contributed by atoms with E-state index in [4.69, 9.17) is 9.47 Å². The fourth-order valence-electron chi connectivity index (χ4n) is 2.28. The highest BCUT2D eigenvalue weighted by atomic mass is 16.5. The number of benzene rings is 2. The zero-order valence-electron chi connectivity index (χ0n) is 13.0. The molecule has 6 heteroatoms. The van der Waals surface area contributed by atoms with Crippen molar-refractivity contribution in [3.8, 4) is 17.5 Å². The monoisotopic (exact) mass is 311 g/mol. The summed E-state index contributed by atoms with van der Waals surface area (Å²) in [6.45, 7) is 0.363. The van der Waals surface area contributed by atoms with Crippen molar-refractivity contribution in [2.75, 3.05) is 7.11 Å². The number of aromatic nitrogens is 3. The van der Waals surface area contributed by atoms with E-state index in [0.29, 0.717) is 12.3 Å². The molecule has 0 aliphatic heterocycles. The predicted molar refractivity (Wildman–Crippen MR) is 86.1 cm³/mol. The molecule has 1 heterocycles. The van der Waals surface area contributed by atoms with Crippen LogP contribution in [0.25, 0.3) is 0 Å². The molecule has 1 aromatic heterocycles. The van der Waals surface area contributed by atoms with Gasteiger partial charge in [0.15, 0.2) is 0 Å². The topological polar surface area (TPSA) is 58.3 Å². The minimum atomic E-state index is -0.226. The van der Waals surface area contributed by atoms with Crippen molar-refractivity contribution in [1.82, 2.24) is 14.3 Å². The van der Waals surface area contributed by atoms with Crippen LogP contribution in [0.5, 0.6) is 17.5 Å². The Kier molecular flexibility index (Phi) is 4.14. The Morgan fingerprint density at radius 1 is 1.04 bits per heavy atom. The largest absolute Gasteiger partial charge is 0.467 e. The van der Waals surface area contributed by atoms with Gasteiger partial charge in [-0.1, -0.05) is 30.3 Å². The molecule has 0 saturated heterocycles. The molecule has 0 aliphatic carbocycles. The third kappa shape index (κ3) is 3.26. The van der Waals surface area contributed by atoms with E-state index in [1.807, 2.05) is 54.6 Å². The molecule has 0 saturated carbocycles. The van der Waals surface area contributed by atoms with Crippen LogP contribution in [0.3, 0.4) is 0 Å². The Hall–Kier alpha value is -3.02. The van der Waals surface area contributed by atoms with Crippen molar-refractivity contribution in [3.05, 3.63) is 70.6 Å². The van der Waals surface area contributed by atoms with Crippen LogP contribution in [0.1, 0.15) is 5.56 Å². The van der Waals surface area contributed by atoms with Gasteiger partial charge in [0.05, 0.1) is 13.7 Å². The molecule has 6 nitrogen and oxygen atoms in total. The lowest BCUT2D eigenvalue weighted by atomic mass is 10.2. The lowest BCUT2D eigenvalue weighted by molar-refractivity contribution is 0.357. The van der Waals surface area contributed by atoms with Gasteiger partial charge in [-0.3, -0.25) is 0 Å². The Morgan fingerprint density at radius 3 is 2.52 bits per heavy atom. The number of methoxy groups -OCH3 is 1. The number of rotatable bonds is 5. The average Bonchev–Trinajstić information content (AvgIpc) is 2.84. The van der Waals surface area contributed by atoms with E-state index < -0.39 is 0 Å². The Bertz CT molecular complexity index is 853. The van der Waals surface area contributed by atoms with Gasteiger partial charge in [0.1, 0.15) is 11.5 Å². The van der Waals surface area contributed by atoms with Crippen LogP contribution < -0.4 is 15.2 Å². The molecule has 0 amide bonds. The summed E-state index contributed by atoms with van der Waals surface area (Å²) < 4.78 is 13.7. The smallest absolute Gasteiger partial charge is 0.348 e. The van der Waals surface area contributed by atoms with Gasteiger partial charge < -0.3 is 9.47 Å². The first-order chi connectivity index (χ1) is 11.2. The first-order valence-electron chi connectivity index (χ1n) is 7.17. The SMILES string of the molecule is COc1nn(C)c(=O)n1Cc1cccc(Oc2ccccc2)c1. The van der Waals surface area contributed by atoms with Crippen molar-refractivity contribution >= 4 is 0 Å². The van der Waals surface area contributed by atoms with Gasteiger partial charge in [0, 0.05) is 7.05 Å². The summed E-state index contributed by atoms with van der Waals surface area (Å²) in [5.74, 6) is 1.48. The fraction of sp³-hybridized carbons (Fsp3) is 0.176. The molecule has 0 aliphatic rings. The molecule has 0 N–H and O–H groups in total. The van der Waals surface area contributed by atoms with Gasteiger partial charge in [-0.15, -0.1) is 5.10 Å². The first kappa shape index (κ1) is 14.9. The van der Waals surface area contributed by atoms with E-state index in [1.54, 1.807) is 7.05 Å². The summed E-state index contributed by atoms with van der Waals surface area (Å²) in [6, 6.07) is 17.4. The Labute approximate surface area is 133 Å². The minimum absolute atomic E-state index is 0.226. The van der Waals surface area contributed by atoms with Crippen molar-refractivity contribution in [2.24, 2.45) is 7.05 Å². The first-order valence-corrected chi connectivity index (χ1v) is 7.17. The van der Waals surface area contributed by atoms with Gasteiger partial charge in [-0.05, 0) is 29.8 Å². The van der Waals surface area contributed by atoms with Gasteiger partial charge in [0.2, 0.25) is 0 Å².